The van der Waals surface area contributed by atoms with Crippen LogP contribution >= 0.6 is 11.3 Å². The molecule has 0 aliphatic carbocycles. The van der Waals surface area contributed by atoms with E-state index in [4.69, 9.17) is 4.74 Å². The monoisotopic (exact) mass is 438 g/mol. The van der Waals surface area contributed by atoms with E-state index in [-0.39, 0.29) is 33.9 Å². The maximum absolute atomic E-state index is 14.6. The smallest absolute Gasteiger partial charge is 0.348 e. The summed E-state index contributed by atoms with van der Waals surface area (Å²) in [6, 6.07) is 6.82. The van der Waals surface area contributed by atoms with Crippen molar-refractivity contribution in [1.29, 1.82) is 0 Å². The molecule has 1 aromatic carbocycles. The van der Waals surface area contributed by atoms with Gasteiger partial charge in [-0.05, 0) is 25.1 Å². The Hall–Kier alpha value is -2.56. The number of carbonyl (C=O) groups is 1. The fourth-order valence-corrected chi connectivity index (χ4v) is 4.89. The van der Waals surface area contributed by atoms with E-state index in [2.05, 4.69) is 0 Å². The van der Waals surface area contributed by atoms with Crippen LogP contribution in [0.4, 0.5) is 4.39 Å². The van der Waals surface area contributed by atoms with E-state index >= 15 is 0 Å². The second kappa shape index (κ2) is 8.05. The van der Waals surface area contributed by atoms with Gasteiger partial charge in [0.1, 0.15) is 10.7 Å². The summed E-state index contributed by atoms with van der Waals surface area (Å²) in [5.74, 6) is -1.15. The SMILES string of the molecule is CCOC(=O)c1sc2cccc(F)c2c1Cn1cc(S(=O)(=O)N(C)C)ccc1=O. The number of benzene rings is 1. The summed E-state index contributed by atoms with van der Waals surface area (Å²) in [5.41, 5.74) is -0.198. The van der Waals surface area contributed by atoms with Gasteiger partial charge in [-0.25, -0.2) is 21.9 Å². The Kier molecular flexibility index (Phi) is 5.87. The van der Waals surface area contributed by atoms with Crippen molar-refractivity contribution in [1.82, 2.24) is 8.87 Å². The average Bonchev–Trinajstić information content (AvgIpc) is 3.03. The van der Waals surface area contributed by atoms with Crippen LogP contribution in [0, 0.1) is 5.82 Å². The third-order valence-electron chi connectivity index (χ3n) is 4.29. The summed E-state index contributed by atoms with van der Waals surface area (Å²) in [6.45, 7) is 1.63. The molecule has 3 aromatic rings. The van der Waals surface area contributed by atoms with Crippen LogP contribution in [0.5, 0.6) is 0 Å². The first kappa shape index (κ1) is 21.2. The van der Waals surface area contributed by atoms with Crippen LogP contribution in [0.1, 0.15) is 22.2 Å². The van der Waals surface area contributed by atoms with Crippen molar-refractivity contribution in [3.05, 3.63) is 63.1 Å². The molecule has 0 bridgehead atoms. The molecule has 2 heterocycles. The Morgan fingerprint density at radius 2 is 1.97 bits per heavy atom. The number of hydrogen-bond donors (Lipinski definition) is 0. The minimum atomic E-state index is -3.77. The first-order chi connectivity index (χ1) is 13.7. The van der Waals surface area contributed by atoms with Crippen molar-refractivity contribution in [3.8, 4) is 0 Å². The quantitative estimate of drug-likeness (QED) is 0.553. The molecular weight excluding hydrogens is 419 g/mol. The number of sulfonamides is 1. The third-order valence-corrected chi connectivity index (χ3v) is 7.26. The van der Waals surface area contributed by atoms with Crippen LogP contribution < -0.4 is 5.56 Å². The molecule has 0 atom stereocenters. The van der Waals surface area contributed by atoms with Gasteiger partial charge in [0.25, 0.3) is 5.56 Å². The van der Waals surface area contributed by atoms with Gasteiger partial charge in [-0.1, -0.05) is 6.07 Å². The normalized spacial score (nSPS) is 11.9. The number of thiophene rings is 1. The van der Waals surface area contributed by atoms with Gasteiger partial charge in [0, 0.05) is 42.0 Å². The minimum Gasteiger partial charge on any atom is -0.462 e. The number of fused-ring (bicyclic) bond motifs is 1. The predicted octanol–water partition coefficient (Wildman–Crippen LogP) is 2.68. The maximum Gasteiger partial charge on any atom is 0.348 e. The number of halogens is 1. The molecule has 3 rings (SSSR count). The van der Waals surface area contributed by atoms with Crippen LogP contribution in [0.3, 0.4) is 0 Å². The van der Waals surface area contributed by atoms with Crippen molar-refractivity contribution in [2.24, 2.45) is 0 Å². The summed E-state index contributed by atoms with van der Waals surface area (Å²) in [5, 5.41) is 0.216. The van der Waals surface area contributed by atoms with Gasteiger partial charge < -0.3 is 9.30 Å². The number of pyridine rings is 1. The molecule has 0 amide bonds. The molecule has 29 heavy (non-hydrogen) atoms. The van der Waals surface area contributed by atoms with E-state index in [9.17, 15) is 22.4 Å². The molecule has 0 saturated carbocycles. The number of ether oxygens (including phenoxy) is 1. The Morgan fingerprint density at radius 1 is 1.24 bits per heavy atom. The molecule has 10 heteroatoms. The molecule has 0 aliphatic rings. The van der Waals surface area contributed by atoms with Crippen LogP contribution in [-0.2, 0) is 21.3 Å². The van der Waals surface area contributed by atoms with E-state index in [0.717, 1.165) is 26.3 Å². The lowest BCUT2D eigenvalue weighted by molar-refractivity contribution is 0.0531. The Labute approximate surface area is 171 Å². The predicted molar refractivity (Wildman–Crippen MR) is 108 cm³/mol. The van der Waals surface area contributed by atoms with Gasteiger partial charge in [-0.2, -0.15) is 0 Å². The minimum absolute atomic E-state index is 0.0835. The molecule has 0 spiro atoms. The average molecular weight is 439 g/mol. The van der Waals surface area contributed by atoms with Gasteiger partial charge >= 0.3 is 5.97 Å². The summed E-state index contributed by atoms with van der Waals surface area (Å²) in [7, 11) is -1.01. The van der Waals surface area contributed by atoms with Gasteiger partial charge in [-0.3, -0.25) is 4.79 Å². The number of hydrogen-bond acceptors (Lipinski definition) is 6. The molecule has 0 saturated heterocycles. The zero-order valence-corrected chi connectivity index (χ0v) is 17.6. The Balaban J connectivity index is 2.19. The van der Waals surface area contributed by atoms with E-state index in [0.29, 0.717) is 4.70 Å². The lowest BCUT2D eigenvalue weighted by atomic mass is 10.1. The fraction of sp³-hybridized carbons (Fsp3) is 0.263. The highest BCUT2D eigenvalue weighted by Gasteiger charge is 2.23. The summed E-state index contributed by atoms with van der Waals surface area (Å²) < 4.78 is 47.1. The summed E-state index contributed by atoms with van der Waals surface area (Å²) in [6.07, 6.45) is 1.19. The highest BCUT2D eigenvalue weighted by atomic mass is 32.2. The second-order valence-corrected chi connectivity index (χ2v) is 9.57. The van der Waals surface area contributed by atoms with Gasteiger partial charge in [-0.15, -0.1) is 11.3 Å². The van der Waals surface area contributed by atoms with E-state index < -0.39 is 27.4 Å². The Morgan fingerprint density at radius 3 is 2.62 bits per heavy atom. The highest BCUT2D eigenvalue weighted by Crippen LogP contribution is 2.34. The van der Waals surface area contributed by atoms with Crippen LogP contribution in [-0.4, -0.2) is 44.0 Å². The number of rotatable bonds is 6. The van der Waals surface area contributed by atoms with E-state index in [1.165, 1.54) is 38.5 Å². The van der Waals surface area contributed by atoms with Crippen molar-refractivity contribution < 1.29 is 22.3 Å². The number of carbonyl (C=O) groups excluding carboxylic acids is 1. The van der Waals surface area contributed by atoms with Crippen molar-refractivity contribution in [3.63, 3.8) is 0 Å². The molecule has 2 aromatic heterocycles. The molecule has 0 unspecified atom stereocenters. The molecule has 154 valence electrons. The molecular formula is C19H19FN2O5S2. The Bertz CT molecular complexity index is 1250. The van der Waals surface area contributed by atoms with Gasteiger partial charge in [0.05, 0.1) is 18.0 Å². The van der Waals surface area contributed by atoms with E-state index in [1.54, 1.807) is 13.0 Å². The molecule has 0 fully saturated rings. The summed E-state index contributed by atoms with van der Waals surface area (Å²) in [4.78, 5) is 24.9. The number of esters is 1. The zero-order valence-electron chi connectivity index (χ0n) is 16.0. The van der Waals surface area contributed by atoms with Gasteiger partial charge in [0.15, 0.2) is 0 Å². The van der Waals surface area contributed by atoms with Crippen molar-refractivity contribution >= 4 is 37.4 Å². The van der Waals surface area contributed by atoms with Crippen molar-refractivity contribution in [2.45, 2.75) is 18.4 Å². The lowest BCUT2D eigenvalue weighted by Crippen LogP contribution is -2.26. The fourth-order valence-electron chi connectivity index (χ4n) is 2.85. The van der Waals surface area contributed by atoms with Crippen LogP contribution in [0.25, 0.3) is 10.1 Å². The van der Waals surface area contributed by atoms with Crippen LogP contribution in [0.2, 0.25) is 0 Å². The van der Waals surface area contributed by atoms with Crippen molar-refractivity contribution in [2.75, 3.05) is 20.7 Å². The molecule has 0 N–H and O–H groups in total. The first-order valence-corrected chi connectivity index (χ1v) is 10.9. The standard InChI is InChI=1S/C19H19FN2O5S2/c1-4-27-19(24)18-13(17-14(20)6-5-7-15(17)28-18)11-22-10-12(8-9-16(22)23)29(25,26)21(2)3/h5-10H,4,11H2,1-3H3. The summed E-state index contributed by atoms with van der Waals surface area (Å²) >= 11 is 1.07. The molecule has 7 nitrogen and oxygen atoms in total. The van der Waals surface area contributed by atoms with Crippen LogP contribution in [0.15, 0.2) is 46.2 Å². The maximum atomic E-state index is 14.6. The molecule has 0 aliphatic heterocycles. The van der Waals surface area contributed by atoms with E-state index in [1.807, 2.05) is 0 Å². The largest absolute Gasteiger partial charge is 0.462 e. The molecule has 0 radical (unpaired) electrons. The topological polar surface area (TPSA) is 85.7 Å². The third kappa shape index (κ3) is 3.96. The second-order valence-electron chi connectivity index (χ2n) is 6.36. The number of aromatic nitrogens is 1. The van der Waals surface area contributed by atoms with Gasteiger partial charge in [0.2, 0.25) is 10.0 Å². The zero-order chi connectivity index (χ0) is 21.3. The highest BCUT2D eigenvalue weighted by molar-refractivity contribution is 7.89. The number of nitrogens with zero attached hydrogens (tertiary/aromatic N) is 2. The first-order valence-electron chi connectivity index (χ1n) is 8.66. The lowest BCUT2D eigenvalue weighted by Gasteiger charge is -2.13.